The highest BCUT2D eigenvalue weighted by Gasteiger charge is 2.78. The summed E-state index contributed by atoms with van der Waals surface area (Å²) < 4.78 is 40.0. The average molecular weight is 635 g/mol. The largest absolute Gasteiger partial charge is 0.493 e. The van der Waals surface area contributed by atoms with Crippen LogP contribution in [-0.4, -0.2) is 81.9 Å². The Morgan fingerprint density at radius 3 is 2.22 bits per heavy atom. The van der Waals surface area contributed by atoms with Crippen LogP contribution in [0, 0.1) is 11.3 Å². The summed E-state index contributed by atoms with van der Waals surface area (Å²) in [4.78, 5) is 63.7. The second-order valence-electron chi connectivity index (χ2n) is 11.5. The number of nitrogens with one attached hydrogen (secondary N) is 1. The highest BCUT2D eigenvalue weighted by Crippen LogP contribution is 2.74. The normalized spacial score (nSPS) is 26.2. The van der Waals surface area contributed by atoms with Crippen molar-refractivity contribution in [3.05, 3.63) is 53.1 Å². The van der Waals surface area contributed by atoms with Crippen LogP contribution in [0.5, 0.6) is 28.7 Å². The third kappa shape index (κ3) is 4.50. The van der Waals surface area contributed by atoms with Crippen LogP contribution >= 0.6 is 0 Å². The number of ether oxygens (including phenoxy) is 7. The summed E-state index contributed by atoms with van der Waals surface area (Å²) in [6.45, 7) is -0.581. The van der Waals surface area contributed by atoms with Crippen LogP contribution in [0.3, 0.4) is 0 Å². The molecule has 0 bridgehead atoms. The number of benzene rings is 2. The molecule has 3 amide bonds. The zero-order valence-electron chi connectivity index (χ0n) is 25.2. The van der Waals surface area contributed by atoms with Crippen molar-refractivity contribution in [2.24, 2.45) is 11.3 Å². The minimum absolute atomic E-state index is 0.00742. The van der Waals surface area contributed by atoms with Crippen LogP contribution < -0.4 is 29.0 Å². The fraction of sp³-hybridized carbons (Fsp3) is 0.406. The molecule has 1 saturated carbocycles. The lowest BCUT2D eigenvalue weighted by atomic mass is 9.63. The first-order valence-corrected chi connectivity index (χ1v) is 14.6. The SMILES string of the molecule is COc1cc([C@@H]2c3cc4c(cc3[C@H](OC(=O)CNC(=O)CCN3C(=O)C=CC3=O)C35CC3OC(=O)[C@H]25)OCO4)cc(OC)c1OC. The highest BCUT2D eigenvalue weighted by molar-refractivity contribution is 6.13. The summed E-state index contributed by atoms with van der Waals surface area (Å²) in [6.07, 6.45) is 1.17. The summed E-state index contributed by atoms with van der Waals surface area (Å²) in [5.74, 6) is -1.83. The van der Waals surface area contributed by atoms with Crippen molar-refractivity contribution in [3.8, 4) is 28.7 Å². The van der Waals surface area contributed by atoms with E-state index in [0.717, 1.165) is 17.1 Å². The topological polar surface area (TPSA) is 165 Å². The Balaban J connectivity index is 1.20. The molecule has 3 heterocycles. The monoisotopic (exact) mass is 634 g/mol. The van der Waals surface area contributed by atoms with E-state index in [0.29, 0.717) is 51.9 Å². The molecular weight excluding hydrogens is 604 g/mol. The van der Waals surface area contributed by atoms with Gasteiger partial charge in [0.25, 0.3) is 11.8 Å². The van der Waals surface area contributed by atoms with Crippen LogP contribution in [0.4, 0.5) is 0 Å². The van der Waals surface area contributed by atoms with E-state index in [-0.39, 0.29) is 19.8 Å². The van der Waals surface area contributed by atoms with Crippen LogP contribution in [0.2, 0.25) is 0 Å². The molecule has 3 aliphatic heterocycles. The van der Waals surface area contributed by atoms with Crippen molar-refractivity contribution in [1.82, 2.24) is 10.2 Å². The van der Waals surface area contributed by atoms with Gasteiger partial charge in [-0.1, -0.05) is 0 Å². The van der Waals surface area contributed by atoms with Crippen molar-refractivity contribution in [3.63, 3.8) is 0 Å². The smallest absolute Gasteiger partial charge is 0.326 e. The highest BCUT2D eigenvalue weighted by atomic mass is 16.7. The number of amides is 3. The number of rotatable bonds is 10. The minimum Gasteiger partial charge on any atom is -0.493 e. The van der Waals surface area contributed by atoms with Crippen LogP contribution in [0.1, 0.15) is 41.6 Å². The van der Waals surface area contributed by atoms with Gasteiger partial charge in [-0.2, -0.15) is 0 Å². The van der Waals surface area contributed by atoms with E-state index in [1.54, 1.807) is 24.3 Å². The molecule has 5 aliphatic rings. The molecule has 14 heteroatoms. The average Bonchev–Trinajstić information content (AvgIpc) is 3.28. The Morgan fingerprint density at radius 1 is 0.935 bits per heavy atom. The van der Waals surface area contributed by atoms with Crippen molar-refractivity contribution < 1.29 is 57.1 Å². The third-order valence-electron chi connectivity index (χ3n) is 9.28. The van der Waals surface area contributed by atoms with E-state index in [1.165, 1.54) is 21.3 Å². The van der Waals surface area contributed by atoms with Gasteiger partial charge in [-0.05, 0) is 41.8 Å². The molecule has 2 aliphatic carbocycles. The van der Waals surface area contributed by atoms with Crippen LogP contribution in [0.25, 0.3) is 0 Å². The van der Waals surface area contributed by atoms with Crippen molar-refractivity contribution in [2.75, 3.05) is 41.2 Å². The van der Waals surface area contributed by atoms with Gasteiger partial charge in [-0.3, -0.25) is 28.9 Å². The molecule has 7 rings (SSSR count). The summed E-state index contributed by atoms with van der Waals surface area (Å²) >= 11 is 0. The van der Waals surface area contributed by atoms with Gasteiger partial charge in [0.05, 0.1) is 32.7 Å². The van der Waals surface area contributed by atoms with Crippen LogP contribution in [-0.2, 0) is 33.4 Å². The Morgan fingerprint density at radius 2 is 1.59 bits per heavy atom. The van der Waals surface area contributed by atoms with Gasteiger partial charge in [0.15, 0.2) is 23.0 Å². The number of methoxy groups -OCH3 is 3. The quantitative estimate of drug-likeness (QED) is 0.297. The fourth-order valence-electron chi connectivity index (χ4n) is 7.12. The standard InChI is InChI=1S/C32H30N2O12/c1-40-20-8-15(9-21(41-2)29(20)42-3)27-16-10-18-19(44-14-43-18)11-17(16)30(32-12-22(32)45-31(39)28(27)32)46-26(38)13-33-23(35)6-7-34-24(36)4-5-25(34)37/h4-5,8-11,22,27-28,30H,6-7,12-14H2,1-3H3,(H,33,35)/t22?,27-,28+,30+,32?/m1/s1. The zero-order chi connectivity index (χ0) is 32.3. The maximum atomic E-state index is 13.6. The summed E-state index contributed by atoms with van der Waals surface area (Å²) in [5.41, 5.74) is 1.13. The van der Waals surface area contributed by atoms with Crippen molar-refractivity contribution in [1.29, 1.82) is 0 Å². The Labute approximate surface area is 262 Å². The van der Waals surface area contributed by atoms with E-state index in [9.17, 15) is 24.0 Å². The fourth-order valence-corrected chi connectivity index (χ4v) is 7.12. The number of fused-ring (bicyclic) bond motifs is 2. The van der Waals surface area contributed by atoms with Gasteiger partial charge in [-0.15, -0.1) is 0 Å². The Kier molecular flexibility index (Phi) is 7.02. The number of esters is 2. The number of carbonyl (C=O) groups is 5. The molecule has 14 nitrogen and oxygen atoms in total. The number of hydrogen-bond acceptors (Lipinski definition) is 12. The van der Waals surface area contributed by atoms with E-state index >= 15 is 0 Å². The summed E-state index contributed by atoms with van der Waals surface area (Å²) in [6, 6.07) is 7.14. The lowest BCUT2D eigenvalue weighted by Crippen LogP contribution is -2.41. The molecular formula is C32H30N2O12. The van der Waals surface area contributed by atoms with E-state index in [2.05, 4.69) is 5.32 Å². The first kappa shape index (κ1) is 29.4. The Hall–Kier alpha value is -5.27. The van der Waals surface area contributed by atoms with Gasteiger partial charge in [0.1, 0.15) is 18.8 Å². The van der Waals surface area contributed by atoms with Crippen molar-refractivity contribution >= 4 is 29.7 Å². The lowest BCUT2D eigenvalue weighted by Gasteiger charge is -2.41. The van der Waals surface area contributed by atoms with Gasteiger partial charge < -0.3 is 38.5 Å². The minimum atomic E-state index is -0.896. The summed E-state index contributed by atoms with van der Waals surface area (Å²) in [7, 11) is 4.52. The molecule has 1 spiro atoms. The molecule has 2 unspecified atom stereocenters. The zero-order valence-corrected chi connectivity index (χ0v) is 25.2. The molecule has 240 valence electrons. The molecule has 0 aromatic heterocycles. The van der Waals surface area contributed by atoms with Crippen molar-refractivity contribution in [2.45, 2.75) is 31.0 Å². The van der Waals surface area contributed by atoms with Gasteiger partial charge in [0.2, 0.25) is 18.4 Å². The maximum absolute atomic E-state index is 13.6. The molecule has 2 aromatic rings. The number of nitrogens with zero attached hydrogens (tertiary/aromatic N) is 1. The molecule has 2 aromatic carbocycles. The van der Waals surface area contributed by atoms with E-state index in [1.807, 2.05) is 0 Å². The molecule has 1 N–H and O–H groups in total. The predicted molar refractivity (Wildman–Crippen MR) is 153 cm³/mol. The lowest BCUT2D eigenvalue weighted by molar-refractivity contribution is -0.157. The van der Waals surface area contributed by atoms with E-state index < -0.39 is 65.7 Å². The van der Waals surface area contributed by atoms with Gasteiger partial charge in [-0.25, -0.2) is 0 Å². The number of carbonyl (C=O) groups excluding carboxylic acids is 5. The second-order valence-corrected chi connectivity index (χ2v) is 11.5. The third-order valence-corrected chi connectivity index (χ3v) is 9.28. The molecule has 5 atom stereocenters. The number of hydrogen-bond donors (Lipinski definition) is 1. The van der Waals surface area contributed by atoms with Gasteiger partial charge >= 0.3 is 11.9 Å². The molecule has 46 heavy (non-hydrogen) atoms. The van der Waals surface area contributed by atoms with E-state index in [4.69, 9.17) is 33.2 Å². The Bertz CT molecular complexity index is 1680. The molecule has 0 radical (unpaired) electrons. The second kappa shape index (κ2) is 11.0. The molecule has 2 fully saturated rings. The summed E-state index contributed by atoms with van der Waals surface area (Å²) in [5, 5.41) is 2.49. The maximum Gasteiger partial charge on any atom is 0.326 e. The van der Waals surface area contributed by atoms with Gasteiger partial charge in [0, 0.05) is 36.6 Å². The number of imide groups is 1. The predicted octanol–water partition coefficient (Wildman–Crippen LogP) is 1.53. The first-order valence-electron chi connectivity index (χ1n) is 14.6. The molecule has 1 saturated heterocycles. The van der Waals surface area contributed by atoms with Crippen LogP contribution in [0.15, 0.2) is 36.4 Å². The first-order chi connectivity index (χ1) is 22.2.